The lowest BCUT2D eigenvalue weighted by molar-refractivity contribution is -0.150. The molecule has 4 nitrogen and oxygen atoms in total. The van der Waals surface area contributed by atoms with E-state index < -0.39 is 11.9 Å². The van der Waals surface area contributed by atoms with Gasteiger partial charge in [0.05, 0.1) is 6.61 Å². The average Bonchev–Trinajstić information content (AvgIpc) is 2.31. The Labute approximate surface area is 101 Å². The van der Waals surface area contributed by atoms with E-state index in [1.807, 2.05) is 6.07 Å². The summed E-state index contributed by atoms with van der Waals surface area (Å²) in [4.78, 5) is 25.2. The van der Waals surface area contributed by atoms with E-state index in [1.54, 1.807) is 45.3 Å². The summed E-state index contributed by atoms with van der Waals surface area (Å²) < 4.78 is 4.94. The number of rotatable bonds is 4. The topological polar surface area (TPSA) is 46.6 Å². The Hall–Kier alpha value is -1.84. The van der Waals surface area contributed by atoms with E-state index in [2.05, 4.69) is 0 Å². The number of likely N-dealkylation sites (N-methyl/N-ethyl adjacent to an activating group) is 1. The molecule has 0 bridgehead atoms. The van der Waals surface area contributed by atoms with Gasteiger partial charge in [-0.05, 0) is 12.5 Å². The molecule has 0 heterocycles. The van der Waals surface area contributed by atoms with Crippen LogP contribution < -0.4 is 0 Å². The number of ether oxygens (including phenoxy) is 1. The van der Waals surface area contributed by atoms with Gasteiger partial charge in [0, 0.05) is 14.1 Å². The van der Waals surface area contributed by atoms with Crippen LogP contribution in [0.3, 0.4) is 0 Å². The van der Waals surface area contributed by atoms with Gasteiger partial charge in [0.1, 0.15) is 0 Å². The second-order valence-electron chi connectivity index (χ2n) is 3.83. The van der Waals surface area contributed by atoms with E-state index >= 15 is 0 Å². The summed E-state index contributed by atoms with van der Waals surface area (Å²) in [5.41, 5.74) is 0.657. The second kappa shape index (κ2) is 6.03. The van der Waals surface area contributed by atoms with Crippen molar-refractivity contribution in [3.8, 4) is 0 Å². The third kappa shape index (κ3) is 3.31. The van der Waals surface area contributed by atoms with E-state index in [0.717, 1.165) is 0 Å². The Morgan fingerprint density at radius 3 is 2.29 bits per heavy atom. The largest absolute Gasteiger partial charge is 0.465 e. The number of carbonyl (C=O) groups is 2. The van der Waals surface area contributed by atoms with Crippen molar-refractivity contribution in [2.75, 3.05) is 20.7 Å². The molecule has 0 radical (unpaired) electrons. The summed E-state index contributed by atoms with van der Waals surface area (Å²) in [6.07, 6.45) is 0. The number of esters is 1. The van der Waals surface area contributed by atoms with Crippen LogP contribution in [0.5, 0.6) is 0 Å². The van der Waals surface area contributed by atoms with Gasteiger partial charge in [-0.1, -0.05) is 30.3 Å². The quantitative estimate of drug-likeness (QED) is 0.585. The Kier molecular flexibility index (Phi) is 4.69. The van der Waals surface area contributed by atoms with Crippen LogP contribution in [0.15, 0.2) is 30.3 Å². The minimum absolute atomic E-state index is 0.267. The number of hydrogen-bond donors (Lipinski definition) is 0. The molecular weight excluding hydrogens is 218 g/mol. The van der Waals surface area contributed by atoms with E-state index in [4.69, 9.17) is 4.74 Å². The maximum Gasteiger partial charge on any atom is 0.323 e. The fraction of sp³-hybridized carbons (Fsp3) is 0.385. The first-order valence-electron chi connectivity index (χ1n) is 5.50. The molecule has 0 fully saturated rings. The minimum atomic E-state index is -0.869. The molecule has 1 atom stereocenters. The number of hydrogen-bond acceptors (Lipinski definition) is 3. The van der Waals surface area contributed by atoms with E-state index in [9.17, 15) is 9.59 Å². The molecule has 0 saturated heterocycles. The van der Waals surface area contributed by atoms with Crippen LogP contribution in [-0.2, 0) is 14.3 Å². The molecule has 0 aliphatic carbocycles. The van der Waals surface area contributed by atoms with Crippen LogP contribution in [0.2, 0.25) is 0 Å². The van der Waals surface area contributed by atoms with Crippen LogP contribution in [0.4, 0.5) is 0 Å². The molecule has 0 aliphatic heterocycles. The van der Waals surface area contributed by atoms with Gasteiger partial charge in [-0.3, -0.25) is 9.59 Å². The molecule has 0 aliphatic rings. The van der Waals surface area contributed by atoms with Crippen molar-refractivity contribution in [2.24, 2.45) is 0 Å². The van der Waals surface area contributed by atoms with Gasteiger partial charge in [-0.15, -0.1) is 0 Å². The normalized spacial score (nSPS) is 11.7. The number of carbonyl (C=O) groups excluding carboxylic acids is 2. The molecule has 92 valence electrons. The summed E-state index contributed by atoms with van der Waals surface area (Å²) >= 11 is 0. The summed E-state index contributed by atoms with van der Waals surface area (Å²) in [5, 5.41) is 0. The smallest absolute Gasteiger partial charge is 0.323 e. The molecule has 0 saturated carbocycles. The fourth-order valence-corrected chi connectivity index (χ4v) is 1.51. The van der Waals surface area contributed by atoms with Gasteiger partial charge in [0.15, 0.2) is 5.92 Å². The van der Waals surface area contributed by atoms with Crippen LogP contribution in [-0.4, -0.2) is 37.5 Å². The van der Waals surface area contributed by atoms with E-state index in [0.29, 0.717) is 5.56 Å². The fourth-order valence-electron chi connectivity index (χ4n) is 1.51. The first-order valence-corrected chi connectivity index (χ1v) is 5.50. The van der Waals surface area contributed by atoms with Gasteiger partial charge >= 0.3 is 5.97 Å². The molecule has 1 aromatic rings. The molecule has 0 spiro atoms. The number of amides is 1. The van der Waals surface area contributed by atoms with Crippen molar-refractivity contribution >= 4 is 11.9 Å². The molecule has 1 amide bonds. The van der Waals surface area contributed by atoms with Crippen LogP contribution >= 0.6 is 0 Å². The number of benzene rings is 1. The molecule has 17 heavy (non-hydrogen) atoms. The molecular formula is C13H17NO3. The first kappa shape index (κ1) is 13.2. The standard InChI is InChI=1S/C13H17NO3/c1-4-17-13(16)11(12(15)14(2)3)10-8-6-5-7-9-10/h5-9,11H,4H2,1-3H3. The zero-order chi connectivity index (χ0) is 12.8. The lowest BCUT2D eigenvalue weighted by Gasteiger charge is -2.19. The highest BCUT2D eigenvalue weighted by atomic mass is 16.5. The third-order valence-corrected chi connectivity index (χ3v) is 2.34. The van der Waals surface area contributed by atoms with Crippen molar-refractivity contribution in [3.05, 3.63) is 35.9 Å². The number of nitrogens with zero attached hydrogens (tertiary/aromatic N) is 1. The maximum absolute atomic E-state index is 12.0. The third-order valence-electron chi connectivity index (χ3n) is 2.34. The highest BCUT2D eigenvalue weighted by Crippen LogP contribution is 2.19. The zero-order valence-electron chi connectivity index (χ0n) is 10.3. The van der Waals surface area contributed by atoms with Crippen LogP contribution in [0, 0.1) is 0 Å². The highest BCUT2D eigenvalue weighted by molar-refractivity contribution is 6.03. The Morgan fingerprint density at radius 1 is 1.24 bits per heavy atom. The summed E-state index contributed by atoms with van der Waals surface area (Å²) in [6, 6.07) is 8.94. The predicted octanol–water partition coefficient (Wildman–Crippen LogP) is 1.42. The Morgan fingerprint density at radius 2 is 1.82 bits per heavy atom. The van der Waals surface area contributed by atoms with Gasteiger partial charge in [-0.25, -0.2) is 0 Å². The van der Waals surface area contributed by atoms with Crippen molar-refractivity contribution in [3.63, 3.8) is 0 Å². The summed E-state index contributed by atoms with van der Waals surface area (Å²) in [6.45, 7) is 1.99. The monoisotopic (exact) mass is 235 g/mol. The molecule has 1 rings (SSSR count). The van der Waals surface area contributed by atoms with E-state index in [-0.39, 0.29) is 12.5 Å². The molecule has 0 N–H and O–H groups in total. The highest BCUT2D eigenvalue weighted by Gasteiger charge is 2.30. The Balaban J connectivity index is 3.03. The predicted molar refractivity (Wildman–Crippen MR) is 64.5 cm³/mol. The van der Waals surface area contributed by atoms with Gasteiger partial charge in [0.2, 0.25) is 5.91 Å². The second-order valence-corrected chi connectivity index (χ2v) is 3.83. The minimum Gasteiger partial charge on any atom is -0.465 e. The van der Waals surface area contributed by atoms with Crippen LogP contribution in [0.25, 0.3) is 0 Å². The van der Waals surface area contributed by atoms with Crippen molar-refractivity contribution in [1.82, 2.24) is 4.90 Å². The average molecular weight is 235 g/mol. The first-order chi connectivity index (χ1) is 8.07. The summed E-state index contributed by atoms with van der Waals surface area (Å²) in [5.74, 6) is -1.64. The van der Waals surface area contributed by atoms with Gasteiger partial charge < -0.3 is 9.64 Å². The molecule has 0 aromatic heterocycles. The SMILES string of the molecule is CCOC(=O)C(C(=O)N(C)C)c1ccccc1. The van der Waals surface area contributed by atoms with Gasteiger partial charge in [0.25, 0.3) is 0 Å². The molecule has 4 heteroatoms. The summed E-state index contributed by atoms with van der Waals surface area (Å²) in [7, 11) is 3.25. The lowest BCUT2D eigenvalue weighted by atomic mass is 9.98. The van der Waals surface area contributed by atoms with Gasteiger partial charge in [-0.2, -0.15) is 0 Å². The zero-order valence-corrected chi connectivity index (χ0v) is 10.3. The maximum atomic E-state index is 12.0. The van der Waals surface area contributed by atoms with Crippen molar-refractivity contribution < 1.29 is 14.3 Å². The lowest BCUT2D eigenvalue weighted by Crippen LogP contribution is -2.33. The van der Waals surface area contributed by atoms with Crippen LogP contribution in [0.1, 0.15) is 18.4 Å². The van der Waals surface area contributed by atoms with Crippen molar-refractivity contribution in [2.45, 2.75) is 12.8 Å². The Bertz CT molecular complexity index is 387. The van der Waals surface area contributed by atoms with E-state index in [1.165, 1.54) is 4.90 Å². The van der Waals surface area contributed by atoms with Crippen molar-refractivity contribution in [1.29, 1.82) is 0 Å². The molecule has 1 unspecified atom stereocenters. The molecule has 1 aromatic carbocycles.